The molecule has 0 spiro atoms. The first-order valence-corrected chi connectivity index (χ1v) is 14.2. The molecule has 4 saturated heterocycles. The minimum absolute atomic E-state index is 0.199. The van der Waals surface area contributed by atoms with Crippen molar-refractivity contribution >= 4 is 15.9 Å². The maximum Gasteiger partial charge on any atom is 0.313 e. The number of hydrazine groups is 1. The van der Waals surface area contributed by atoms with Gasteiger partial charge in [-0.15, -0.1) is 5.01 Å². The van der Waals surface area contributed by atoms with E-state index in [1.54, 1.807) is 4.90 Å². The molecule has 0 saturated carbocycles. The van der Waals surface area contributed by atoms with Gasteiger partial charge < -0.3 is 4.90 Å². The predicted molar refractivity (Wildman–Crippen MR) is 119 cm³/mol. The first-order valence-electron chi connectivity index (χ1n) is 12.3. The lowest BCUT2D eigenvalue weighted by Gasteiger charge is -2.39. The highest BCUT2D eigenvalue weighted by Crippen LogP contribution is 2.45. The van der Waals surface area contributed by atoms with Crippen LogP contribution in [-0.2, 0) is 14.8 Å². The second kappa shape index (κ2) is 9.36. The van der Waals surface area contributed by atoms with E-state index >= 15 is 0 Å². The van der Waals surface area contributed by atoms with Gasteiger partial charge in [0.05, 0.1) is 17.7 Å². The van der Waals surface area contributed by atoms with Crippen molar-refractivity contribution < 1.29 is 26.9 Å². The number of sulfonamides is 1. The SMILES string of the molecule is CC(F)(F)C1C(C(=O)N2CCCCCC2)C2CC(C3CCN(S(C)(=O)=O)CC3)CCN2[N+]1=O. The Kier molecular flexibility index (Phi) is 7.02. The van der Waals surface area contributed by atoms with Crippen LogP contribution in [0.3, 0.4) is 0 Å². The lowest BCUT2D eigenvalue weighted by molar-refractivity contribution is -0.730. The summed E-state index contributed by atoms with van der Waals surface area (Å²) in [6.45, 7) is 3.18. The van der Waals surface area contributed by atoms with Crippen molar-refractivity contribution in [2.75, 3.05) is 39.0 Å². The molecule has 0 aromatic rings. The minimum atomic E-state index is -3.29. The average molecular weight is 492 g/mol. The summed E-state index contributed by atoms with van der Waals surface area (Å²) >= 11 is 0. The number of carbonyl (C=O) groups excluding carboxylic acids is 1. The zero-order chi connectivity index (χ0) is 24.0. The molecular weight excluding hydrogens is 454 g/mol. The Hall–Kier alpha value is -1.36. The molecule has 4 heterocycles. The summed E-state index contributed by atoms with van der Waals surface area (Å²) in [6, 6.07) is -2.20. The van der Waals surface area contributed by atoms with Gasteiger partial charge in [0.15, 0.2) is 0 Å². The summed E-state index contributed by atoms with van der Waals surface area (Å²) in [7, 11) is -3.22. The molecule has 8 nitrogen and oxygen atoms in total. The standard InChI is InChI=1S/C22H37F2N4O4S/c1-22(23,24)20-19(21(29)25-10-5-3-4-6-11-25)18-15-17(9-14-27(18)28(20)30)16-7-12-26(13-8-16)33(2,31)32/h16-20H,3-15H2,1-2H3/q+1. The van der Waals surface area contributed by atoms with E-state index in [4.69, 9.17) is 0 Å². The van der Waals surface area contributed by atoms with Gasteiger partial charge in [-0.3, -0.25) is 4.79 Å². The number of amides is 1. The Morgan fingerprint density at radius 3 is 2.06 bits per heavy atom. The van der Waals surface area contributed by atoms with Crippen LogP contribution in [0.5, 0.6) is 0 Å². The maximum atomic E-state index is 14.7. The van der Waals surface area contributed by atoms with E-state index in [2.05, 4.69) is 0 Å². The highest BCUT2D eigenvalue weighted by Gasteiger charge is 2.68. The molecular formula is C22H37F2N4O4S+. The summed E-state index contributed by atoms with van der Waals surface area (Å²) in [5.74, 6) is -4.16. The van der Waals surface area contributed by atoms with Crippen LogP contribution in [0.25, 0.3) is 0 Å². The number of fused-ring (bicyclic) bond motifs is 1. The van der Waals surface area contributed by atoms with E-state index in [0.29, 0.717) is 50.4 Å². The van der Waals surface area contributed by atoms with Crippen LogP contribution in [0.4, 0.5) is 8.78 Å². The van der Waals surface area contributed by atoms with Crippen LogP contribution in [0.2, 0.25) is 0 Å². The molecule has 4 atom stereocenters. The topological polar surface area (TPSA) is 81.0 Å². The lowest BCUT2D eigenvalue weighted by Crippen LogP contribution is -2.51. The van der Waals surface area contributed by atoms with Crippen molar-refractivity contribution in [3.63, 3.8) is 0 Å². The molecule has 1 amide bonds. The Bertz CT molecular complexity index is 849. The second-order valence-corrected chi connectivity index (χ2v) is 12.5. The monoisotopic (exact) mass is 491 g/mol. The van der Waals surface area contributed by atoms with E-state index < -0.39 is 33.9 Å². The molecule has 0 aromatic heterocycles. The fourth-order valence-electron chi connectivity index (χ4n) is 6.52. The molecule has 4 aliphatic rings. The third-order valence-electron chi connectivity index (χ3n) is 8.26. The summed E-state index contributed by atoms with van der Waals surface area (Å²) in [5, 5.41) is 1.48. The second-order valence-electron chi connectivity index (χ2n) is 10.5. The Balaban J connectivity index is 1.53. The van der Waals surface area contributed by atoms with Crippen molar-refractivity contribution in [1.29, 1.82) is 0 Å². The van der Waals surface area contributed by atoms with E-state index in [1.807, 2.05) is 0 Å². The number of carbonyl (C=O) groups is 1. The van der Waals surface area contributed by atoms with Gasteiger partial charge in [0.1, 0.15) is 16.8 Å². The molecule has 33 heavy (non-hydrogen) atoms. The Morgan fingerprint density at radius 2 is 1.52 bits per heavy atom. The average Bonchev–Trinajstić information content (AvgIpc) is 2.90. The van der Waals surface area contributed by atoms with Crippen LogP contribution in [0.15, 0.2) is 0 Å². The van der Waals surface area contributed by atoms with E-state index in [1.165, 1.54) is 15.6 Å². The van der Waals surface area contributed by atoms with Crippen LogP contribution >= 0.6 is 0 Å². The third kappa shape index (κ3) is 5.04. The van der Waals surface area contributed by atoms with Gasteiger partial charge in [-0.1, -0.05) is 12.8 Å². The van der Waals surface area contributed by atoms with Crippen LogP contribution in [0, 0.1) is 22.7 Å². The molecule has 0 aliphatic carbocycles. The highest BCUT2D eigenvalue weighted by molar-refractivity contribution is 7.88. The maximum absolute atomic E-state index is 14.7. The largest absolute Gasteiger partial charge is 0.342 e. The number of hydrogen-bond acceptors (Lipinski definition) is 4. The molecule has 11 heteroatoms. The number of likely N-dealkylation sites (tertiary alicyclic amines) is 1. The first kappa shape index (κ1) is 24.8. The molecule has 0 aromatic carbocycles. The van der Waals surface area contributed by atoms with Crippen molar-refractivity contribution in [2.45, 2.75) is 76.3 Å². The lowest BCUT2D eigenvalue weighted by atomic mass is 9.74. The van der Waals surface area contributed by atoms with Crippen LogP contribution in [0.1, 0.15) is 58.3 Å². The van der Waals surface area contributed by atoms with Gasteiger partial charge in [0.25, 0.3) is 0 Å². The van der Waals surface area contributed by atoms with Crippen molar-refractivity contribution in [3.05, 3.63) is 4.91 Å². The molecule has 0 bridgehead atoms. The van der Waals surface area contributed by atoms with Crippen molar-refractivity contribution in [3.8, 4) is 0 Å². The molecule has 4 unspecified atom stereocenters. The Morgan fingerprint density at radius 1 is 0.939 bits per heavy atom. The van der Waals surface area contributed by atoms with Gasteiger partial charge in [0, 0.05) is 33.1 Å². The number of rotatable bonds is 4. The van der Waals surface area contributed by atoms with E-state index in [9.17, 15) is 26.9 Å². The summed E-state index contributed by atoms with van der Waals surface area (Å²) in [5.41, 5.74) is 0. The van der Waals surface area contributed by atoms with Gasteiger partial charge in [-0.05, 0) is 50.4 Å². The number of alkyl halides is 2. The number of halogens is 2. The highest BCUT2D eigenvalue weighted by atomic mass is 32.2. The van der Waals surface area contributed by atoms with Crippen LogP contribution < -0.4 is 0 Å². The van der Waals surface area contributed by atoms with Crippen molar-refractivity contribution in [2.24, 2.45) is 17.8 Å². The predicted octanol–water partition coefficient (Wildman–Crippen LogP) is 2.49. The molecule has 188 valence electrons. The van der Waals surface area contributed by atoms with E-state index in [0.717, 1.165) is 45.4 Å². The molecule has 4 fully saturated rings. The molecule has 4 rings (SSSR count). The molecule has 0 N–H and O–H groups in total. The summed E-state index contributed by atoms with van der Waals surface area (Å²) < 4.78 is 54.5. The zero-order valence-electron chi connectivity index (χ0n) is 19.7. The number of hydrogen-bond donors (Lipinski definition) is 0. The fraction of sp³-hybridized carbons (Fsp3) is 0.955. The molecule has 0 radical (unpaired) electrons. The normalized spacial score (nSPS) is 33.2. The number of piperidine rings is 2. The summed E-state index contributed by atoms with van der Waals surface area (Å²) in [6.07, 6.45) is 7.68. The summed E-state index contributed by atoms with van der Waals surface area (Å²) in [4.78, 5) is 28.7. The van der Waals surface area contributed by atoms with Gasteiger partial charge >= 0.3 is 12.0 Å². The smallest absolute Gasteiger partial charge is 0.313 e. The first-order chi connectivity index (χ1) is 15.5. The Labute approximate surface area is 195 Å². The minimum Gasteiger partial charge on any atom is -0.342 e. The van der Waals surface area contributed by atoms with E-state index in [-0.39, 0.29) is 17.7 Å². The molecule has 4 aliphatic heterocycles. The third-order valence-corrected chi connectivity index (χ3v) is 9.56. The quantitative estimate of drug-likeness (QED) is 0.565. The van der Waals surface area contributed by atoms with Gasteiger partial charge in [-0.25, -0.2) is 12.7 Å². The van der Waals surface area contributed by atoms with Gasteiger partial charge in [0.2, 0.25) is 15.9 Å². The fourth-order valence-corrected chi connectivity index (χ4v) is 7.39. The number of nitroso groups, excluding NO2 is 1. The number of nitrogens with zero attached hydrogens (tertiary/aromatic N) is 4. The van der Waals surface area contributed by atoms with Crippen molar-refractivity contribution in [1.82, 2.24) is 14.2 Å². The van der Waals surface area contributed by atoms with Gasteiger partial charge in [-0.2, -0.15) is 8.78 Å². The zero-order valence-corrected chi connectivity index (χ0v) is 20.5. The van der Waals surface area contributed by atoms with Crippen LogP contribution in [-0.4, -0.2) is 90.4 Å².